The van der Waals surface area contributed by atoms with Gasteiger partial charge in [-0.1, -0.05) is 40.2 Å². The fourth-order valence-electron chi connectivity index (χ4n) is 0.970. The van der Waals surface area contributed by atoms with Crippen LogP contribution in [0.15, 0.2) is 24.3 Å². The lowest BCUT2D eigenvalue weighted by Gasteiger charge is -2.02. The minimum Gasteiger partial charge on any atom is -0.198 e. The lowest BCUT2D eigenvalue weighted by molar-refractivity contribution is 0.980. The summed E-state index contributed by atoms with van der Waals surface area (Å²) in [4.78, 5) is 0. The first-order chi connectivity index (χ1) is 5.77. The van der Waals surface area contributed by atoms with Gasteiger partial charge in [0.15, 0.2) is 0 Å². The van der Waals surface area contributed by atoms with Crippen molar-refractivity contribution in [1.29, 1.82) is 5.26 Å². The van der Waals surface area contributed by atoms with E-state index in [2.05, 4.69) is 22.0 Å². The van der Waals surface area contributed by atoms with Gasteiger partial charge in [0, 0.05) is 5.33 Å². The van der Waals surface area contributed by atoms with Crippen LogP contribution in [0.2, 0.25) is 0 Å². The maximum absolute atomic E-state index is 8.66. The van der Waals surface area contributed by atoms with Gasteiger partial charge in [-0.05, 0) is 18.1 Å². The van der Waals surface area contributed by atoms with Crippen molar-refractivity contribution in [3.8, 4) is 6.07 Å². The maximum Gasteiger partial charge on any atom is 0.0700 e. The average Bonchev–Trinajstić information content (AvgIpc) is 2.17. The van der Waals surface area contributed by atoms with Crippen molar-refractivity contribution in [2.75, 3.05) is 0 Å². The van der Waals surface area contributed by atoms with Crippen molar-refractivity contribution in [3.63, 3.8) is 0 Å². The molecule has 1 aromatic rings. The molecule has 0 aromatic heterocycles. The van der Waals surface area contributed by atoms with Crippen molar-refractivity contribution in [1.82, 2.24) is 0 Å². The first kappa shape index (κ1) is 9.28. The number of alkyl halides is 1. The molecule has 1 atom stereocenters. The summed E-state index contributed by atoms with van der Waals surface area (Å²) in [7, 11) is 0. The van der Waals surface area contributed by atoms with Gasteiger partial charge in [0.05, 0.1) is 12.0 Å². The zero-order valence-electron chi connectivity index (χ0n) is 6.92. The van der Waals surface area contributed by atoms with Crippen LogP contribution in [0.4, 0.5) is 0 Å². The van der Waals surface area contributed by atoms with Crippen LogP contribution in [0.5, 0.6) is 0 Å². The Bertz CT molecular complexity index is 284. The third kappa shape index (κ3) is 2.09. The molecular weight excluding hydrogens is 214 g/mol. The highest BCUT2D eigenvalue weighted by atomic mass is 79.9. The number of benzene rings is 1. The molecule has 0 N–H and O–H groups in total. The monoisotopic (exact) mass is 223 g/mol. The van der Waals surface area contributed by atoms with E-state index in [0.717, 1.165) is 10.9 Å². The molecule has 0 aliphatic heterocycles. The molecule has 0 aliphatic rings. The zero-order chi connectivity index (χ0) is 8.97. The lowest BCUT2D eigenvalue weighted by Crippen LogP contribution is -1.88. The first-order valence-electron chi connectivity index (χ1n) is 3.82. The minimum atomic E-state index is -0.00521. The highest BCUT2D eigenvalue weighted by Crippen LogP contribution is 2.15. The van der Waals surface area contributed by atoms with E-state index in [1.165, 1.54) is 5.56 Å². The van der Waals surface area contributed by atoms with E-state index in [1.807, 2.05) is 31.2 Å². The minimum absolute atomic E-state index is 0.00521. The molecule has 1 nitrogen and oxygen atoms in total. The third-order valence-electron chi connectivity index (χ3n) is 1.83. The van der Waals surface area contributed by atoms with E-state index in [-0.39, 0.29) is 5.92 Å². The second-order valence-corrected chi connectivity index (χ2v) is 3.29. The number of hydrogen-bond donors (Lipinski definition) is 0. The molecule has 0 bridgehead atoms. The molecule has 62 valence electrons. The molecule has 0 saturated carbocycles. The van der Waals surface area contributed by atoms with Gasteiger partial charge in [-0.3, -0.25) is 0 Å². The summed E-state index contributed by atoms with van der Waals surface area (Å²) in [6, 6.07) is 10.3. The molecule has 0 heterocycles. The molecule has 2 heteroatoms. The fourth-order valence-corrected chi connectivity index (χ4v) is 1.34. The van der Waals surface area contributed by atoms with Gasteiger partial charge in [0.2, 0.25) is 0 Å². The summed E-state index contributed by atoms with van der Waals surface area (Å²) < 4.78 is 0. The number of nitriles is 1. The van der Waals surface area contributed by atoms with Crippen LogP contribution in [-0.4, -0.2) is 0 Å². The standard InChI is InChI=1S/C10H10BrN/c1-8(7-12)10-4-2-9(6-11)3-5-10/h2-5,8H,6H2,1H3. The predicted octanol–water partition coefficient (Wildman–Crippen LogP) is 3.21. The summed E-state index contributed by atoms with van der Waals surface area (Å²) in [5.41, 5.74) is 2.33. The quantitative estimate of drug-likeness (QED) is 0.707. The van der Waals surface area contributed by atoms with Gasteiger partial charge in [-0.25, -0.2) is 0 Å². The van der Waals surface area contributed by atoms with E-state index in [9.17, 15) is 0 Å². The molecule has 12 heavy (non-hydrogen) atoms. The molecule has 0 saturated heterocycles. The van der Waals surface area contributed by atoms with Gasteiger partial charge >= 0.3 is 0 Å². The van der Waals surface area contributed by atoms with Gasteiger partial charge in [-0.2, -0.15) is 5.26 Å². The average molecular weight is 224 g/mol. The van der Waals surface area contributed by atoms with Crippen molar-refractivity contribution in [3.05, 3.63) is 35.4 Å². The Morgan fingerprint density at radius 3 is 2.42 bits per heavy atom. The van der Waals surface area contributed by atoms with Crippen LogP contribution >= 0.6 is 15.9 Å². The van der Waals surface area contributed by atoms with Crippen LogP contribution in [0.25, 0.3) is 0 Å². The largest absolute Gasteiger partial charge is 0.198 e. The smallest absolute Gasteiger partial charge is 0.0700 e. The molecule has 1 unspecified atom stereocenters. The van der Waals surface area contributed by atoms with Crippen LogP contribution in [-0.2, 0) is 5.33 Å². The molecule has 0 amide bonds. The van der Waals surface area contributed by atoms with E-state index in [0.29, 0.717) is 0 Å². The van der Waals surface area contributed by atoms with Crippen molar-refractivity contribution < 1.29 is 0 Å². The normalized spacial score (nSPS) is 12.1. The summed E-state index contributed by atoms with van der Waals surface area (Å²) in [5, 5.41) is 9.52. The molecule has 1 aromatic carbocycles. The first-order valence-corrected chi connectivity index (χ1v) is 4.94. The maximum atomic E-state index is 8.66. The molecule has 0 aliphatic carbocycles. The molecule has 1 rings (SSSR count). The third-order valence-corrected chi connectivity index (χ3v) is 2.48. The Kier molecular flexibility index (Phi) is 3.31. The number of nitrogens with zero attached hydrogens (tertiary/aromatic N) is 1. The number of hydrogen-bond acceptors (Lipinski definition) is 1. The van der Waals surface area contributed by atoms with Crippen molar-refractivity contribution in [2.45, 2.75) is 18.2 Å². The van der Waals surface area contributed by atoms with Gasteiger partial charge in [0.25, 0.3) is 0 Å². The van der Waals surface area contributed by atoms with E-state index < -0.39 is 0 Å². The number of halogens is 1. The lowest BCUT2D eigenvalue weighted by atomic mass is 10.0. The SMILES string of the molecule is CC(C#N)c1ccc(CBr)cc1. The predicted molar refractivity (Wildman–Crippen MR) is 53.1 cm³/mol. The zero-order valence-corrected chi connectivity index (χ0v) is 8.51. The summed E-state index contributed by atoms with van der Waals surface area (Å²) in [6.45, 7) is 1.91. The Morgan fingerprint density at radius 1 is 1.42 bits per heavy atom. The van der Waals surface area contributed by atoms with Crippen LogP contribution < -0.4 is 0 Å². The van der Waals surface area contributed by atoms with E-state index >= 15 is 0 Å². The van der Waals surface area contributed by atoms with Crippen LogP contribution in [0.1, 0.15) is 24.0 Å². The van der Waals surface area contributed by atoms with Crippen molar-refractivity contribution >= 4 is 15.9 Å². The Balaban J connectivity index is 2.86. The van der Waals surface area contributed by atoms with E-state index in [1.54, 1.807) is 0 Å². The summed E-state index contributed by atoms with van der Waals surface area (Å²) in [6.07, 6.45) is 0. The van der Waals surface area contributed by atoms with Crippen LogP contribution in [0, 0.1) is 11.3 Å². The topological polar surface area (TPSA) is 23.8 Å². The van der Waals surface area contributed by atoms with Crippen molar-refractivity contribution in [2.24, 2.45) is 0 Å². The van der Waals surface area contributed by atoms with Gasteiger partial charge in [0.1, 0.15) is 0 Å². The summed E-state index contributed by atoms with van der Waals surface area (Å²) in [5.74, 6) is -0.00521. The Labute approximate surface area is 81.2 Å². The highest BCUT2D eigenvalue weighted by Gasteiger charge is 2.01. The van der Waals surface area contributed by atoms with Gasteiger partial charge < -0.3 is 0 Å². The number of rotatable bonds is 2. The molecule has 0 spiro atoms. The highest BCUT2D eigenvalue weighted by molar-refractivity contribution is 9.08. The Morgan fingerprint density at radius 2 is 2.00 bits per heavy atom. The Hall–Kier alpha value is -0.810. The van der Waals surface area contributed by atoms with Gasteiger partial charge in [-0.15, -0.1) is 0 Å². The van der Waals surface area contributed by atoms with Crippen LogP contribution in [0.3, 0.4) is 0 Å². The van der Waals surface area contributed by atoms with E-state index in [4.69, 9.17) is 5.26 Å². The molecule has 0 fully saturated rings. The molecule has 0 radical (unpaired) electrons. The summed E-state index contributed by atoms with van der Waals surface area (Å²) >= 11 is 3.37. The molecular formula is C10H10BrN. The second kappa shape index (κ2) is 4.27. The fraction of sp³-hybridized carbons (Fsp3) is 0.300. The second-order valence-electron chi connectivity index (χ2n) is 2.73.